The number of aromatic amines is 1. The molecule has 1 N–H and O–H groups in total. The fourth-order valence-electron chi connectivity index (χ4n) is 4.08. The summed E-state index contributed by atoms with van der Waals surface area (Å²) in [6.07, 6.45) is 2.82. The van der Waals surface area contributed by atoms with Crippen molar-refractivity contribution in [2.45, 2.75) is 33.1 Å². The van der Waals surface area contributed by atoms with Crippen LogP contribution in [0.3, 0.4) is 0 Å². The summed E-state index contributed by atoms with van der Waals surface area (Å²) in [5.41, 5.74) is 2.29. The van der Waals surface area contributed by atoms with Gasteiger partial charge in [-0.15, -0.1) is 0 Å². The summed E-state index contributed by atoms with van der Waals surface area (Å²) >= 11 is 0. The van der Waals surface area contributed by atoms with Crippen LogP contribution in [0, 0.1) is 24.1 Å². The van der Waals surface area contributed by atoms with Gasteiger partial charge in [-0.3, -0.25) is 4.79 Å². The van der Waals surface area contributed by atoms with Crippen LogP contribution in [-0.2, 0) is 14.9 Å². The van der Waals surface area contributed by atoms with Gasteiger partial charge in [0.25, 0.3) is 5.91 Å². The number of carbonyl (C=O) groups is 2. The molecule has 0 radical (unpaired) electrons. The fraction of sp³-hybridized carbons (Fsp3) is 0.292. The molecule has 1 aliphatic rings. The van der Waals surface area contributed by atoms with Gasteiger partial charge in [0, 0.05) is 29.3 Å². The first-order valence-electron chi connectivity index (χ1n) is 10.4. The summed E-state index contributed by atoms with van der Waals surface area (Å²) in [5, 5.41) is 9.18. The first-order valence-corrected chi connectivity index (χ1v) is 10.4. The van der Waals surface area contributed by atoms with Crippen molar-refractivity contribution in [1.82, 2.24) is 19.9 Å². The number of nitrogens with one attached hydrogen (secondary N) is 1. The molecule has 0 spiro atoms. The Balaban J connectivity index is 1.91. The number of rotatable bonds is 3. The quantitative estimate of drug-likeness (QED) is 0.614. The molecule has 168 valence electrons. The van der Waals surface area contributed by atoms with E-state index in [2.05, 4.69) is 15.0 Å². The smallest absolute Gasteiger partial charge is 0.341 e. The highest BCUT2D eigenvalue weighted by atomic mass is 19.1. The Labute approximate surface area is 189 Å². The van der Waals surface area contributed by atoms with Crippen molar-refractivity contribution in [2.75, 3.05) is 13.2 Å². The standard InChI is InChI=1S/C24H22FN5O3/c1-5-33-23(32)16-11-30(22(31)14-6-7-17(25)13(2)8-14)12-24(3,4)18-19(16)29-21-20(18)27-10-15(9-26)28-21/h6-8,10-11H,5,12H2,1-4H3,(H,28,29). The summed E-state index contributed by atoms with van der Waals surface area (Å²) in [6.45, 7) is 7.50. The van der Waals surface area contributed by atoms with E-state index < -0.39 is 17.2 Å². The number of benzene rings is 1. The van der Waals surface area contributed by atoms with E-state index in [1.165, 1.54) is 35.5 Å². The van der Waals surface area contributed by atoms with E-state index in [1.807, 2.05) is 19.9 Å². The van der Waals surface area contributed by atoms with E-state index in [0.717, 1.165) is 0 Å². The topological polar surface area (TPSA) is 112 Å². The van der Waals surface area contributed by atoms with Crippen molar-refractivity contribution in [3.63, 3.8) is 0 Å². The Morgan fingerprint density at radius 2 is 2.12 bits per heavy atom. The molecule has 2 aromatic heterocycles. The molecule has 1 aliphatic heterocycles. The number of hydrogen-bond donors (Lipinski definition) is 1. The van der Waals surface area contributed by atoms with E-state index in [-0.39, 0.29) is 30.3 Å². The van der Waals surface area contributed by atoms with Gasteiger partial charge in [-0.05, 0) is 37.6 Å². The van der Waals surface area contributed by atoms with Crippen LogP contribution in [0.5, 0.6) is 0 Å². The fourth-order valence-corrected chi connectivity index (χ4v) is 4.08. The van der Waals surface area contributed by atoms with Crippen LogP contribution < -0.4 is 0 Å². The zero-order valence-electron chi connectivity index (χ0n) is 18.7. The zero-order valence-corrected chi connectivity index (χ0v) is 18.7. The molecule has 3 aromatic rings. The summed E-state index contributed by atoms with van der Waals surface area (Å²) in [5.74, 6) is -1.39. The Kier molecular flexibility index (Phi) is 5.46. The Morgan fingerprint density at radius 3 is 2.79 bits per heavy atom. The van der Waals surface area contributed by atoms with Crippen molar-refractivity contribution in [3.8, 4) is 6.07 Å². The number of aromatic nitrogens is 3. The largest absolute Gasteiger partial charge is 0.462 e. The molecule has 1 aromatic carbocycles. The van der Waals surface area contributed by atoms with Gasteiger partial charge in [0.05, 0.1) is 24.1 Å². The van der Waals surface area contributed by atoms with E-state index >= 15 is 0 Å². The van der Waals surface area contributed by atoms with Gasteiger partial charge >= 0.3 is 5.97 Å². The number of fused-ring (bicyclic) bond motifs is 3. The number of esters is 1. The first kappa shape index (κ1) is 22.1. The van der Waals surface area contributed by atoms with Gasteiger partial charge in [0.15, 0.2) is 11.3 Å². The molecule has 8 nitrogen and oxygen atoms in total. The number of aryl methyl sites for hydroxylation is 1. The van der Waals surface area contributed by atoms with Crippen molar-refractivity contribution < 1.29 is 18.7 Å². The molecule has 33 heavy (non-hydrogen) atoms. The molecule has 3 heterocycles. The third-order valence-electron chi connectivity index (χ3n) is 5.58. The van der Waals surface area contributed by atoms with Crippen LogP contribution >= 0.6 is 0 Å². The molecule has 0 bridgehead atoms. The van der Waals surface area contributed by atoms with E-state index in [4.69, 9.17) is 4.74 Å². The third-order valence-corrected chi connectivity index (χ3v) is 5.58. The normalized spacial score (nSPS) is 14.8. The Bertz CT molecular complexity index is 1370. The molecule has 0 fully saturated rings. The molecule has 0 saturated heterocycles. The summed E-state index contributed by atoms with van der Waals surface area (Å²) in [4.78, 5) is 39.6. The van der Waals surface area contributed by atoms with Crippen molar-refractivity contribution >= 4 is 28.6 Å². The van der Waals surface area contributed by atoms with E-state index in [1.54, 1.807) is 13.8 Å². The Morgan fingerprint density at radius 1 is 1.36 bits per heavy atom. The molecule has 0 saturated carbocycles. The maximum Gasteiger partial charge on any atom is 0.341 e. The van der Waals surface area contributed by atoms with Crippen LogP contribution in [-0.4, -0.2) is 44.9 Å². The molecule has 0 unspecified atom stereocenters. The second kappa shape index (κ2) is 8.13. The second-order valence-electron chi connectivity index (χ2n) is 8.48. The van der Waals surface area contributed by atoms with Crippen molar-refractivity contribution in [1.29, 1.82) is 5.26 Å². The lowest BCUT2D eigenvalue weighted by molar-refractivity contribution is -0.136. The van der Waals surface area contributed by atoms with Gasteiger partial charge in [-0.1, -0.05) is 13.8 Å². The van der Waals surface area contributed by atoms with E-state index in [0.29, 0.717) is 33.5 Å². The molecule has 0 aliphatic carbocycles. The maximum absolute atomic E-state index is 13.7. The van der Waals surface area contributed by atoms with Crippen LogP contribution in [0.25, 0.3) is 16.7 Å². The van der Waals surface area contributed by atoms with E-state index in [9.17, 15) is 19.2 Å². The lowest BCUT2D eigenvalue weighted by atomic mass is 9.83. The number of nitriles is 1. The number of halogens is 1. The molecular formula is C24H22FN5O3. The molecule has 1 amide bonds. The van der Waals surface area contributed by atoms with Crippen LogP contribution in [0.1, 0.15) is 53.6 Å². The average Bonchev–Trinajstić information content (AvgIpc) is 3.11. The lowest BCUT2D eigenvalue weighted by Gasteiger charge is -2.29. The number of carbonyl (C=O) groups excluding carboxylic acids is 2. The van der Waals surface area contributed by atoms with Crippen LogP contribution in [0.15, 0.2) is 30.6 Å². The highest BCUT2D eigenvalue weighted by Gasteiger charge is 2.38. The highest BCUT2D eigenvalue weighted by molar-refractivity contribution is 6.18. The number of hydrogen-bond acceptors (Lipinski definition) is 6. The lowest BCUT2D eigenvalue weighted by Crippen LogP contribution is -2.37. The van der Waals surface area contributed by atoms with Crippen molar-refractivity contribution in [3.05, 3.63) is 64.5 Å². The molecular weight excluding hydrogens is 425 g/mol. The summed E-state index contributed by atoms with van der Waals surface area (Å²) in [7, 11) is 0. The predicted molar refractivity (Wildman–Crippen MR) is 118 cm³/mol. The van der Waals surface area contributed by atoms with Gasteiger partial charge in [0.1, 0.15) is 17.4 Å². The summed E-state index contributed by atoms with van der Waals surface area (Å²) in [6, 6.07) is 6.11. The number of nitrogens with zero attached hydrogens (tertiary/aromatic N) is 4. The van der Waals surface area contributed by atoms with Gasteiger partial charge in [-0.25, -0.2) is 19.2 Å². The molecule has 9 heteroatoms. The van der Waals surface area contributed by atoms with Crippen molar-refractivity contribution in [2.24, 2.45) is 0 Å². The monoisotopic (exact) mass is 447 g/mol. The second-order valence-corrected chi connectivity index (χ2v) is 8.48. The number of amides is 1. The first-order chi connectivity index (χ1) is 15.7. The minimum Gasteiger partial charge on any atom is -0.462 e. The summed E-state index contributed by atoms with van der Waals surface area (Å²) < 4.78 is 19.0. The van der Waals surface area contributed by atoms with Gasteiger partial charge in [-0.2, -0.15) is 5.26 Å². The Hall–Kier alpha value is -4.06. The minimum absolute atomic E-state index is 0.141. The number of ether oxygens (including phenoxy) is 1. The van der Waals surface area contributed by atoms with Crippen LogP contribution in [0.4, 0.5) is 4.39 Å². The predicted octanol–water partition coefficient (Wildman–Crippen LogP) is 3.61. The van der Waals surface area contributed by atoms with Crippen LogP contribution in [0.2, 0.25) is 0 Å². The maximum atomic E-state index is 13.7. The molecule has 0 atom stereocenters. The average molecular weight is 447 g/mol. The molecule has 4 rings (SSSR count). The van der Waals surface area contributed by atoms with Gasteiger partial charge in [0.2, 0.25) is 0 Å². The number of H-pyrrole nitrogens is 1. The SMILES string of the molecule is CCOC(=O)C1=CN(C(=O)c2ccc(F)c(C)c2)CC(C)(C)c2c1[nH]c1nc(C#N)cnc21. The minimum atomic E-state index is -0.661. The van der Waals surface area contributed by atoms with Gasteiger partial charge < -0.3 is 14.6 Å². The third kappa shape index (κ3) is 3.84. The zero-order chi connectivity index (χ0) is 23.9. The highest BCUT2D eigenvalue weighted by Crippen LogP contribution is 2.39.